The van der Waals surface area contributed by atoms with E-state index in [0.29, 0.717) is 19.0 Å². The van der Waals surface area contributed by atoms with Gasteiger partial charge in [-0.05, 0) is 29.9 Å². The maximum Gasteiger partial charge on any atom is 0.255 e. The average Bonchev–Trinajstić information content (AvgIpc) is 2.86. The second-order valence-electron chi connectivity index (χ2n) is 6.64. The number of rotatable bonds is 2. The Labute approximate surface area is 126 Å². The summed E-state index contributed by atoms with van der Waals surface area (Å²) in [6.07, 6.45) is 0.937. The zero-order valence-corrected chi connectivity index (χ0v) is 13.5. The molecule has 0 bridgehead atoms. The zero-order chi connectivity index (χ0) is 15.8. The number of nitrogens with two attached hydrogens (primary N) is 1. The van der Waals surface area contributed by atoms with Gasteiger partial charge in [0, 0.05) is 13.1 Å². The molecule has 2 rings (SSSR count). The topological polar surface area (TPSA) is 80.5 Å². The summed E-state index contributed by atoms with van der Waals surface area (Å²) in [7, 11) is -3.90. The third-order valence-electron chi connectivity index (χ3n) is 4.12. The Kier molecular flexibility index (Phi) is 4.13. The van der Waals surface area contributed by atoms with Crippen LogP contribution in [-0.2, 0) is 10.0 Å². The Morgan fingerprint density at radius 2 is 1.90 bits per heavy atom. The van der Waals surface area contributed by atoms with E-state index in [-0.39, 0.29) is 21.8 Å². The summed E-state index contributed by atoms with van der Waals surface area (Å²) in [6.45, 7) is 7.78. The predicted molar refractivity (Wildman–Crippen MR) is 81.3 cm³/mol. The lowest BCUT2D eigenvalue weighted by Gasteiger charge is -2.27. The molecule has 1 saturated heterocycles. The first-order valence-corrected chi connectivity index (χ1v) is 8.56. The highest BCUT2D eigenvalue weighted by Crippen LogP contribution is 2.34. The minimum atomic E-state index is -3.90. The van der Waals surface area contributed by atoms with E-state index in [9.17, 15) is 13.2 Å². The van der Waals surface area contributed by atoms with Crippen molar-refractivity contribution < 1.29 is 13.2 Å². The van der Waals surface area contributed by atoms with Gasteiger partial charge in [-0.3, -0.25) is 4.79 Å². The molecular weight excluding hydrogens is 288 g/mol. The minimum Gasteiger partial charge on any atom is -0.338 e. The number of primary sulfonamides is 1. The van der Waals surface area contributed by atoms with Gasteiger partial charge >= 0.3 is 0 Å². The van der Waals surface area contributed by atoms with Crippen LogP contribution in [0.15, 0.2) is 29.2 Å². The van der Waals surface area contributed by atoms with Gasteiger partial charge in [0.2, 0.25) is 10.0 Å². The van der Waals surface area contributed by atoms with E-state index < -0.39 is 10.0 Å². The molecule has 1 aromatic rings. The van der Waals surface area contributed by atoms with Gasteiger partial charge in [-0.1, -0.05) is 32.9 Å². The Balaban J connectivity index is 2.27. The summed E-state index contributed by atoms with van der Waals surface area (Å²) in [5, 5.41) is 5.19. The van der Waals surface area contributed by atoms with E-state index in [0.717, 1.165) is 6.42 Å². The molecule has 1 aliphatic rings. The van der Waals surface area contributed by atoms with Gasteiger partial charge in [-0.25, -0.2) is 13.6 Å². The predicted octanol–water partition coefficient (Wildman–Crippen LogP) is 1.84. The molecule has 1 aliphatic heterocycles. The number of likely N-dealkylation sites (tertiary alicyclic amines) is 1. The SMILES string of the molecule is CC(C)(C)C1CCN(C(=O)c2ccccc2S(N)(=O)=O)C1. The van der Waals surface area contributed by atoms with Crippen LogP contribution in [-0.4, -0.2) is 32.3 Å². The lowest BCUT2D eigenvalue weighted by molar-refractivity contribution is 0.0772. The maximum atomic E-state index is 12.6. The number of carbonyl (C=O) groups excluding carboxylic acids is 1. The fourth-order valence-electron chi connectivity index (χ4n) is 2.71. The van der Waals surface area contributed by atoms with Crippen molar-refractivity contribution in [2.45, 2.75) is 32.1 Å². The van der Waals surface area contributed by atoms with E-state index in [4.69, 9.17) is 5.14 Å². The summed E-state index contributed by atoms with van der Waals surface area (Å²) in [6, 6.07) is 6.12. The zero-order valence-electron chi connectivity index (χ0n) is 12.7. The van der Waals surface area contributed by atoms with Crippen LogP contribution in [0, 0.1) is 11.3 Å². The molecule has 116 valence electrons. The van der Waals surface area contributed by atoms with Crippen LogP contribution in [0.5, 0.6) is 0 Å². The molecule has 2 N–H and O–H groups in total. The van der Waals surface area contributed by atoms with E-state index in [2.05, 4.69) is 20.8 Å². The monoisotopic (exact) mass is 310 g/mol. The number of nitrogens with zero attached hydrogens (tertiary/aromatic N) is 1. The third-order valence-corrected chi connectivity index (χ3v) is 5.09. The van der Waals surface area contributed by atoms with Crippen LogP contribution in [0.3, 0.4) is 0 Å². The molecule has 5 nitrogen and oxygen atoms in total. The van der Waals surface area contributed by atoms with Gasteiger partial charge in [-0.2, -0.15) is 0 Å². The molecular formula is C15H22N2O3S. The lowest BCUT2D eigenvalue weighted by Crippen LogP contribution is -2.32. The first-order valence-electron chi connectivity index (χ1n) is 7.02. The lowest BCUT2D eigenvalue weighted by atomic mass is 9.80. The highest BCUT2D eigenvalue weighted by Gasteiger charge is 2.35. The van der Waals surface area contributed by atoms with E-state index in [1.807, 2.05) is 0 Å². The smallest absolute Gasteiger partial charge is 0.255 e. The molecule has 1 fully saturated rings. The van der Waals surface area contributed by atoms with Crippen molar-refractivity contribution in [1.29, 1.82) is 0 Å². The van der Waals surface area contributed by atoms with Crippen molar-refractivity contribution in [3.8, 4) is 0 Å². The molecule has 21 heavy (non-hydrogen) atoms. The average molecular weight is 310 g/mol. The largest absolute Gasteiger partial charge is 0.338 e. The van der Waals surface area contributed by atoms with Gasteiger partial charge in [0.25, 0.3) is 5.91 Å². The van der Waals surface area contributed by atoms with E-state index >= 15 is 0 Å². The van der Waals surface area contributed by atoms with Gasteiger partial charge in [0.1, 0.15) is 0 Å². The van der Waals surface area contributed by atoms with Crippen molar-refractivity contribution in [2.75, 3.05) is 13.1 Å². The van der Waals surface area contributed by atoms with Crippen molar-refractivity contribution in [3.63, 3.8) is 0 Å². The highest BCUT2D eigenvalue weighted by atomic mass is 32.2. The minimum absolute atomic E-state index is 0.103. The first-order chi connectivity index (χ1) is 9.60. The Morgan fingerprint density at radius 1 is 1.29 bits per heavy atom. The first kappa shape index (κ1) is 16.0. The molecule has 1 atom stereocenters. The highest BCUT2D eigenvalue weighted by molar-refractivity contribution is 7.89. The molecule has 0 radical (unpaired) electrons. The molecule has 1 amide bonds. The quantitative estimate of drug-likeness (QED) is 0.905. The van der Waals surface area contributed by atoms with Gasteiger partial charge < -0.3 is 4.90 Å². The number of carbonyl (C=O) groups is 1. The third kappa shape index (κ3) is 3.44. The van der Waals surface area contributed by atoms with Crippen LogP contribution in [0.2, 0.25) is 0 Å². The van der Waals surface area contributed by atoms with Gasteiger partial charge in [-0.15, -0.1) is 0 Å². The van der Waals surface area contributed by atoms with Crippen LogP contribution < -0.4 is 5.14 Å². The van der Waals surface area contributed by atoms with Crippen LogP contribution >= 0.6 is 0 Å². The number of hydrogen-bond acceptors (Lipinski definition) is 3. The molecule has 0 spiro atoms. The van der Waals surface area contributed by atoms with Crippen LogP contribution in [0.1, 0.15) is 37.6 Å². The molecule has 0 aliphatic carbocycles. The number of amides is 1. The molecule has 6 heteroatoms. The molecule has 0 aromatic heterocycles. The van der Waals surface area contributed by atoms with Gasteiger partial charge in [0.05, 0.1) is 10.5 Å². The molecule has 1 aromatic carbocycles. The van der Waals surface area contributed by atoms with Crippen molar-refractivity contribution in [1.82, 2.24) is 4.90 Å². The Bertz CT molecular complexity index is 647. The van der Waals surface area contributed by atoms with Crippen molar-refractivity contribution >= 4 is 15.9 Å². The standard InChI is InChI=1S/C15H22N2O3S/c1-15(2,3)11-8-9-17(10-11)14(18)12-6-4-5-7-13(12)21(16,19)20/h4-7,11H,8-10H2,1-3H3,(H2,16,19,20). The normalized spacial score (nSPS) is 19.8. The van der Waals surface area contributed by atoms with Crippen molar-refractivity contribution in [2.24, 2.45) is 16.5 Å². The van der Waals surface area contributed by atoms with E-state index in [1.54, 1.807) is 17.0 Å². The van der Waals surface area contributed by atoms with Crippen molar-refractivity contribution in [3.05, 3.63) is 29.8 Å². The van der Waals surface area contributed by atoms with Crippen LogP contribution in [0.4, 0.5) is 0 Å². The molecule has 1 heterocycles. The summed E-state index contributed by atoms with van der Waals surface area (Å²) < 4.78 is 23.2. The number of hydrogen-bond donors (Lipinski definition) is 1. The van der Waals surface area contributed by atoms with E-state index in [1.165, 1.54) is 12.1 Å². The molecule has 1 unspecified atom stereocenters. The fraction of sp³-hybridized carbons (Fsp3) is 0.533. The molecule has 0 saturated carbocycles. The fourth-order valence-corrected chi connectivity index (χ4v) is 3.44. The maximum absolute atomic E-state index is 12.6. The Morgan fingerprint density at radius 3 is 2.43 bits per heavy atom. The number of benzene rings is 1. The Hall–Kier alpha value is -1.40. The van der Waals surface area contributed by atoms with Crippen LogP contribution in [0.25, 0.3) is 0 Å². The summed E-state index contributed by atoms with van der Waals surface area (Å²) >= 11 is 0. The second kappa shape index (κ2) is 5.42. The number of sulfonamides is 1. The summed E-state index contributed by atoms with van der Waals surface area (Å²) in [4.78, 5) is 14.2. The summed E-state index contributed by atoms with van der Waals surface area (Å²) in [5.74, 6) is 0.162. The second-order valence-corrected chi connectivity index (χ2v) is 8.17. The van der Waals surface area contributed by atoms with Gasteiger partial charge in [0.15, 0.2) is 0 Å². The summed E-state index contributed by atoms with van der Waals surface area (Å²) in [5.41, 5.74) is 0.295.